The predicted octanol–water partition coefficient (Wildman–Crippen LogP) is 3.57. The fourth-order valence-electron chi connectivity index (χ4n) is 1.88. The van der Waals surface area contributed by atoms with Crippen LogP contribution in [0, 0.1) is 0 Å². The van der Waals surface area contributed by atoms with Gasteiger partial charge in [0.15, 0.2) is 0 Å². The lowest BCUT2D eigenvalue weighted by atomic mass is 10.0. The monoisotopic (exact) mass is 261 g/mol. The highest BCUT2D eigenvalue weighted by Crippen LogP contribution is 2.20. The van der Waals surface area contributed by atoms with Gasteiger partial charge in [0.25, 0.3) is 0 Å². The van der Waals surface area contributed by atoms with Crippen molar-refractivity contribution in [2.24, 2.45) is 0 Å². The van der Waals surface area contributed by atoms with Crippen LogP contribution in [0.25, 0.3) is 0 Å². The molecule has 1 atom stereocenters. The maximum Gasteiger partial charge on any atom is 0.129 e. The third-order valence-corrected chi connectivity index (χ3v) is 3.20. The fourth-order valence-corrected chi connectivity index (χ4v) is 2.06. The second kappa shape index (κ2) is 5.98. The van der Waals surface area contributed by atoms with E-state index in [9.17, 15) is 5.11 Å². The van der Waals surface area contributed by atoms with Gasteiger partial charge in [-0.3, -0.25) is 0 Å². The van der Waals surface area contributed by atoms with Crippen LogP contribution in [0.1, 0.15) is 29.7 Å². The van der Waals surface area contributed by atoms with Crippen molar-refractivity contribution < 1.29 is 5.11 Å². The normalized spacial score (nSPS) is 12.4. The lowest BCUT2D eigenvalue weighted by molar-refractivity contribution is 0.178. The number of hydrogen-bond donors (Lipinski definition) is 1. The Bertz CT molecular complexity index is 510. The molecule has 2 aromatic rings. The second-order valence-corrected chi connectivity index (χ2v) is 4.69. The molecule has 0 radical (unpaired) electrons. The molecule has 0 amide bonds. The summed E-state index contributed by atoms with van der Waals surface area (Å²) in [6, 6.07) is 11.8. The SMILES string of the molecule is CCc1ccc(CC(O)c2ccnc(Cl)c2)cc1. The fraction of sp³-hybridized carbons (Fsp3) is 0.267. The van der Waals surface area contributed by atoms with E-state index >= 15 is 0 Å². The van der Waals surface area contributed by atoms with Crippen LogP contribution >= 0.6 is 11.6 Å². The minimum absolute atomic E-state index is 0.410. The zero-order valence-corrected chi connectivity index (χ0v) is 11.1. The number of pyridine rings is 1. The molecular formula is C15H16ClNO. The van der Waals surface area contributed by atoms with Crippen LogP contribution in [0.2, 0.25) is 5.15 Å². The number of halogens is 1. The molecule has 2 rings (SSSR count). The lowest BCUT2D eigenvalue weighted by Crippen LogP contribution is -2.02. The Labute approximate surface area is 112 Å². The zero-order valence-electron chi connectivity index (χ0n) is 10.3. The number of benzene rings is 1. The van der Waals surface area contributed by atoms with Gasteiger partial charge in [-0.15, -0.1) is 0 Å². The Morgan fingerprint density at radius 2 is 1.83 bits per heavy atom. The van der Waals surface area contributed by atoms with Gasteiger partial charge < -0.3 is 5.11 Å². The van der Waals surface area contributed by atoms with Crippen molar-refractivity contribution >= 4 is 11.6 Å². The van der Waals surface area contributed by atoms with Gasteiger partial charge in [0.2, 0.25) is 0 Å². The van der Waals surface area contributed by atoms with Crippen molar-refractivity contribution in [3.05, 3.63) is 64.4 Å². The molecule has 0 fully saturated rings. The summed E-state index contributed by atoms with van der Waals surface area (Å²) in [5.41, 5.74) is 3.22. The average Bonchev–Trinajstić information content (AvgIpc) is 2.39. The van der Waals surface area contributed by atoms with Crippen LogP contribution < -0.4 is 0 Å². The van der Waals surface area contributed by atoms with Crippen molar-refractivity contribution in [3.63, 3.8) is 0 Å². The van der Waals surface area contributed by atoms with E-state index in [1.807, 2.05) is 0 Å². The zero-order chi connectivity index (χ0) is 13.0. The van der Waals surface area contributed by atoms with Crippen molar-refractivity contribution in [1.82, 2.24) is 4.98 Å². The number of aliphatic hydroxyl groups is 1. The standard InChI is InChI=1S/C15H16ClNO/c1-2-11-3-5-12(6-4-11)9-14(18)13-7-8-17-15(16)10-13/h3-8,10,14,18H,2,9H2,1H3. The summed E-state index contributed by atoms with van der Waals surface area (Å²) in [7, 11) is 0. The Morgan fingerprint density at radius 3 is 2.44 bits per heavy atom. The molecule has 3 heteroatoms. The average molecular weight is 262 g/mol. The number of aryl methyl sites for hydroxylation is 1. The Balaban J connectivity index is 2.08. The molecule has 0 aliphatic heterocycles. The molecule has 18 heavy (non-hydrogen) atoms. The molecule has 94 valence electrons. The highest BCUT2D eigenvalue weighted by atomic mass is 35.5. The minimum atomic E-state index is -0.544. The molecule has 2 nitrogen and oxygen atoms in total. The summed E-state index contributed by atoms with van der Waals surface area (Å²) in [5, 5.41) is 10.5. The predicted molar refractivity (Wildman–Crippen MR) is 73.7 cm³/mol. The number of nitrogens with zero attached hydrogens (tertiary/aromatic N) is 1. The molecule has 1 N–H and O–H groups in total. The Morgan fingerprint density at radius 1 is 1.17 bits per heavy atom. The van der Waals surface area contributed by atoms with Gasteiger partial charge in [-0.05, 0) is 35.2 Å². The van der Waals surface area contributed by atoms with Crippen molar-refractivity contribution in [2.45, 2.75) is 25.9 Å². The maximum atomic E-state index is 10.1. The van der Waals surface area contributed by atoms with Crippen LogP contribution in [0.5, 0.6) is 0 Å². The molecule has 0 aliphatic carbocycles. The smallest absolute Gasteiger partial charge is 0.129 e. The van der Waals surface area contributed by atoms with Gasteiger partial charge in [0.1, 0.15) is 5.15 Å². The number of rotatable bonds is 4. The van der Waals surface area contributed by atoms with Gasteiger partial charge >= 0.3 is 0 Å². The van der Waals surface area contributed by atoms with Gasteiger partial charge in [0, 0.05) is 12.6 Å². The second-order valence-electron chi connectivity index (χ2n) is 4.30. The first kappa shape index (κ1) is 13.1. The van der Waals surface area contributed by atoms with E-state index in [4.69, 9.17) is 11.6 Å². The molecule has 1 aromatic heterocycles. The molecule has 0 saturated heterocycles. The number of aromatic nitrogens is 1. The third-order valence-electron chi connectivity index (χ3n) is 3.00. The Hall–Kier alpha value is -1.38. The summed E-state index contributed by atoms with van der Waals surface area (Å²) in [4.78, 5) is 3.91. The summed E-state index contributed by atoms with van der Waals surface area (Å²) in [5.74, 6) is 0. The van der Waals surface area contributed by atoms with Crippen LogP contribution in [-0.2, 0) is 12.8 Å². The molecule has 0 bridgehead atoms. The molecule has 0 aliphatic rings. The van der Waals surface area contributed by atoms with Crippen LogP contribution in [0.15, 0.2) is 42.6 Å². The lowest BCUT2D eigenvalue weighted by Gasteiger charge is -2.11. The van der Waals surface area contributed by atoms with Gasteiger partial charge in [0.05, 0.1) is 6.10 Å². The third kappa shape index (κ3) is 3.31. The van der Waals surface area contributed by atoms with Crippen LogP contribution in [0.3, 0.4) is 0 Å². The Kier molecular flexibility index (Phi) is 4.34. The van der Waals surface area contributed by atoms with E-state index in [1.165, 1.54) is 5.56 Å². The molecule has 1 unspecified atom stereocenters. The molecule has 1 aromatic carbocycles. The number of aliphatic hydroxyl groups excluding tert-OH is 1. The largest absolute Gasteiger partial charge is 0.388 e. The first-order valence-corrected chi connectivity index (χ1v) is 6.44. The first-order valence-electron chi connectivity index (χ1n) is 6.06. The molecular weight excluding hydrogens is 246 g/mol. The van der Waals surface area contributed by atoms with E-state index in [2.05, 4.69) is 36.2 Å². The molecule has 0 saturated carbocycles. The topological polar surface area (TPSA) is 33.1 Å². The summed E-state index contributed by atoms with van der Waals surface area (Å²) < 4.78 is 0. The highest BCUT2D eigenvalue weighted by molar-refractivity contribution is 6.29. The number of hydrogen-bond acceptors (Lipinski definition) is 2. The quantitative estimate of drug-likeness (QED) is 0.854. The van der Waals surface area contributed by atoms with Crippen molar-refractivity contribution in [2.75, 3.05) is 0 Å². The van der Waals surface area contributed by atoms with E-state index in [0.29, 0.717) is 11.6 Å². The molecule has 0 spiro atoms. The molecule has 1 heterocycles. The van der Waals surface area contributed by atoms with Gasteiger partial charge in [-0.2, -0.15) is 0 Å². The van der Waals surface area contributed by atoms with Crippen LogP contribution in [0.4, 0.5) is 0 Å². The van der Waals surface area contributed by atoms with E-state index in [0.717, 1.165) is 17.5 Å². The first-order chi connectivity index (χ1) is 8.69. The maximum absolute atomic E-state index is 10.1. The van der Waals surface area contributed by atoms with Crippen molar-refractivity contribution in [1.29, 1.82) is 0 Å². The van der Waals surface area contributed by atoms with E-state index < -0.39 is 6.10 Å². The highest BCUT2D eigenvalue weighted by Gasteiger charge is 2.09. The van der Waals surface area contributed by atoms with Crippen molar-refractivity contribution in [3.8, 4) is 0 Å². The summed E-state index contributed by atoms with van der Waals surface area (Å²) in [6.07, 6.45) is 2.69. The van der Waals surface area contributed by atoms with E-state index in [1.54, 1.807) is 18.3 Å². The minimum Gasteiger partial charge on any atom is -0.388 e. The van der Waals surface area contributed by atoms with E-state index in [-0.39, 0.29) is 0 Å². The summed E-state index contributed by atoms with van der Waals surface area (Å²) in [6.45, 7) is 2.13. The van der Waals surface area contributed by atoms with Gasteiger partial charge in [-0.1, -0.05) is 42.8 Å². The van der Waals surface area contributed by atoms with Crippen LogP contribution in [-0.4, -0.2) is 10.1 Å². The van der Waals surface area contributed by atoms with Gasteiger partial charge in [-0.25, -0.2) is 4.98 Å². The summed E-state index contributed by atoms with van der Waals surface area (Å²) >= 11 is 5.81.